The first kappa shape index (κ1) is 25.4. The fourth-order valence-electron chi connectivity index (χ4n) is 3.28. The van der Waals surface area contributed by atoms with E-state index in [4.69, 9.17) is 11.6 Å². The summed E-state index contributed by atoms with van der Waals surface area (Å²) in [5.41, 5.74) is 2.65. The Morgan fingerprint density at radius 1 is 1.09 bits per heavy atom. The zero-order valence-corrected chi connectivity index (χ0v) is 20.3. The second-order valence-corrected chi connectivity index (χ2v) is 8.67. The van der Waals surface area contributed by atoms with Crippen molar-refractivity contribution >= 4 is 29.0 Å². The molecule has 9 heteroatoms. The van der Waals surface area contributed by atoms with Crippen LogP contribution in [0.3, 0.4) is 0 Å². The van der Waals surface area contributed by atoms with E-state index in [0.29, 0.717) is 40.9 Å². The minimum Gasteiger partial charge on any atom is -0.508 e. The third kappa shape index (κ3) is 7.13. The molecule has 1 amide bonds. The highest BCUT2D eigenvalue weighted by Crippen LogP contribution is 2.28. The zero-order chi connectivity index (χ0) is 24.7. The molecule has 1 saturated heterocycles. The number of carbonyl (C=O) groups excluding carboxylic acids is 1. The van der Waals surface area contributed by atoms with Crippen molar-refractivity contribution in [1.82, 2.24) is 19.8 Å². The summed E-state index contributed by atoms with van der Waals surface area (Å²) in [5.74, 6) is 0.688. The van der Waals surface area contributed by atoms with Crippen LogP contribution in [0.4, 0.5) is 15.9 Å². The number of halogens is 2. The monoisotopic (exact) mass is 485 g/mol. The number of anilines is 2. The Kier molecular flexibility index (Phi) is 8.79. The summed E-state index contributed by atoms with van der Waals surface area (Å²) in [6.07, 6.45) is 2.57. The van der Waals surface area contributed by atoms with Crippen molar-refractivity contribution in [2.24, 2.45) is 0 Å². The molecule has 180 valence electrons. The molecule has 1 fully saturated rings. The van der Waals surface area contributed by atoms with Gasteiger partial charge in [0.05, 0.1) is 35.0 Å². The number of alkyl halides is 1. The van der Waals surface area contributed by atoms with Crippen LogP contribution < -0.4 is 5.32 Å². The smallest absolute Gasteiger partial charge is 0.254 e. The number of aromatic hydroxyl groups is 1. The van der Waals surface area contributed by atoms with E-state index in [-0.39, 0.29) is 11.7 Å². The van der Waals surface area contributed by atoms with Gasteiger partial charge in [-0.2, -0.15) is 0 Å². The highest BCUT2D eigenvalue weighted by Gasteiger charge is 2.21. The summed E-state index contributed by atoms with van der Waals surface area (Å²) in [4.78, 5) is 25.7. The molecule has 0 unspecified atom stereocenters. The van der Waals surface area contributed by atoms with E-state index in [1.54, 1.807) is 54.9 Å². The Hall–Kier alpha value is -3.23. The lowest BCUT2D eigenvalue weighted by Crippen LogP contribution is -2.47. The first-order valence-corrected chi connectivity index (χ1v) is 11.4. The Labute approximate surface area is 204 Å². The van der Waals surface area contributed by atoms with Gasteiger partial charge in [-0.25, -0.2) is 9.37 Å². The number of nitrogens with zero attached hydrogens (tertiary/aromatic N) is 4. The molecule has 0 aliphatic carbocycles. The number of aromatic nitrogens is 2. The van der Waals surface area contributed by atoms with Gasteiger partial charge >= 0.3 is 0 Å². The number of amides is 1. The standard InChI is InChI=1S/C22H22ClN5O2.C3H7F/c1-27-8-10-28(11-9-27)22(30)16-4-7-18(23)19(12-16)25-21-14-24-13-20(26-21)15-2-5-17(29)6-3-15;1-3(2)4/h2-7,12-14,29H,8-11H2,1H3,(H,25,26);3H,1-2H3. The first-order chi connectivity index (χ1) is 16.2. The van der Waals surface area contributed by atoms with Crippen molar-refractivity contribution in [3.05, 3.63) is 65.4 Å². The summed E-state index contributed by atoms with van der Waals surface area (Å²) in [7, 11) is 2.06. The number of phenols is 1. The average molecular weight is 486 g/mol. The van der Waals surface area contributed by atoms with Crippen molar-refractivity contribution in [1.29, 1.82) is 0 Å². The molecule has 1 aliphatic heterocycles. The van der Waals surface area contributed by atoms with Crippen LogP contribution >= 0.6 is 11.6 Å². The number of hydrogen-bond donors (Lipinski definition) is 2. The van der Waals surface area contributed by atoms with Crippen molar-refractivity contribution < 1.29 is 14.3 Å². The second kappa shape index (κ2) is 11.8. The molecule has 0 spiro atoms. The van der Waals surface area contributed by atoms with E-state index in [0.717, 1.165) is 18.7 Å². The molecule has 0 radical (unpaired) electrons. The molecule has 3 aromatic rings. The maximum Gasteiger partial charge on any atom is 0.254 e. The van der Waals surface area contributed by atoms with Crippen LogP contribution in [-0.4, -0.2) is 70.2 Å². The molecule has 7 nitrogen and oxygen atoms in total. The topological polar surface area (TPSA) is 81.6 Å². The van der Waals surface area contributed by atoms with Gasteiger partial charge in [0.1, 0.15) is 11.6 Å². The molecule has 1 aliphatic rings. The lowest BCUT2D eigenvalue weighted by Gasteiger charge is -2.32. The van der Waals surface area contributed by atoms with E-state index in [1.165, 1.54) is 13.8 Å². The maximum atomic E-state index is 12.9. The van der Waals surface area contributed by atoms with Gasteiger partial charge in [-0.15, -0.1) is 0 Å². The molecule has 2 aromatic carbocycles. The third-order valence-electron chi connectivity index (χ3n) is 5.06. The third-order valence-corrected chi connectivity index (χ3v) is 5.39. The molecule has 0 atom stereocenters. The summed E-state index contributed by atoms with van der Waals surface area (Å²) >= 11 is 6.36. The van der Waals surface area contributed by atoms with Crippen LogP contribution in [-0.2, 0) is 0 Å². The number of likely N-dealkylation sites (N-methyl/N-ethyl adjacent to an activating group) is 1. The number of hydrogen-bond acceptors (Lipinski definition) is 6. The van der Waals surface area contributed by atoms with Gasteiger partial charge in [0.25, 0.3) is 5.91 Å². The first-order valence-electron chi connectivity index (χ1n) is 11.0. The Morgan fingerprint density at radius 2 is 1.74 bits per heavy atom. The highest BCUT2D eigenvalue weighted by molar-refractivity contribution is 6.33. The Bertz CT molecular complexity index is 1100. The van der Waals surface area contributed by atoms with E-state index in [9.17, 15) is 14.3 Å². The molecule has 34 heavy (non-hydrogen) atoms. The van der Waals surface area contributed by atoms with E-state index >= 15 is 0 Å². The normalized spacial score (nSPS) is 13.9. The maximum absolute atomic E-state index is 12.9. The second-order valence-electron chi connectivity index (χ2n) is 8.27. The van der Waals surface area contributed by atoms with Gasteiger partial charge in [0.2, 0.25) is 0 Å². The Morgan fingerprint density at radius 3 is 2.38 bits per heavy atom. The molecule has 2 heterocycles. The summed E-state index contributed by atoms with van der Waals surface area (Å²) in [6, 6.07) is 11.9. The minimum atomic E-state index is -0.667. The van der Waals surface area contributed by atoms with Crippen LogP contribution in [0.1, 0.15) is 24.2 Å². The zero-order valence-electron chi connectivity index (χ0n) is 19.5. The van der Waals surface area contributed by atoms with E-state index in [2.05, 4.69) is 27.2 Å². The summed E-state index contributed by atoms with van der Waals surface area (Å²) < 4.78 is 11.0. The number of nitrogens with one attached hydrogen (secondary N) is 1. The van der Waals surface area contributed by atoms with Gasteiger partial charge in [0, 0.05) is 37.3 Å². The van der Waals surface area contributed by atoms with E-state index < -0.39 is 6.17 Å². The number of carbonyl (C=O) groups is 1. The van der Waals surface area contributed by atoms with Crippen LogP contribution in [0.25, 0.3) is 11.3 Å². The quantitative estimate of drug-likeness (QED) is 0.541. The number of phenolic OH excluding ortho intramolecular Hbond substituents is 1. The van der Waals surface area contributed by atoms with Gasteiger partial charge in [-0.1, -0.05) is 11.6 Å². The summed E-state index contributed by atoms with van der Waals surface area (Å²) in [6.45, 7) is 6.15. The summed E-state index contributed by atoms with van der Waals surface area (Å²) in [5, 5.41) is 13.1. The van der Waals surface area contributed by atoms with Crippen LogP contribution in [0.2, 0.25) is 5.02 Å². The highest BCUT2D eigenvalue weighted by atomic mass is 35.5. The fraction of sp³-hybridized carbons (Fsp3) is 0.320. The lowest BCUT2D eigenvalue weighted by atomic mass is 10.1. The van der Waals surface area contributed by atoms with E-state index in [1.807, 2.05) is 4.90 Å². The molecular formula is C25H29ClFN5O2. The van der Waals surface area contributed by atoms with Crippen molar-refractivity contribution in [3.63, 3.8) is 0 Å². The van der Waals surface area contributed by atoms with Gasteiger partial charge in [0.15, 0.2) is 0 Å². The van der Waals surface area contributed by atoms with Crippen molar-refractivity contribution in [3.8, 4) is 17.0 Å². The minimum absolute atomic E-state index is 0.00764. The van der Waals surface area contributed by atoms with Crippen LogP contribution in [0.15, 0.2) is 54.9 Å². The molecule has 1 aromatic heterocycles. The molecular weight excluding hydrogens is 457 g/mol. The predicted octanol–water partition coefficient (Wildman–Crippen LogP) is 5.00. The lowest BCUT2D eigenvalue weighted by molar-refractivity contribution is 0.0664. The number of benzene rings is 2. The van der Waals surface area contributed by atoms with Gasteiger partial charge in [-0.3, -0.25) is 9.78 Å². The Balaban J connectivity index is 0.000000751. The SMILES string of the molecule is CC(C)F.CN1CCN(C(=O)c2ccc(Cl)c(Nc3cncc(-c4ccc(O)cc4)n3)c2)CC1. The number of rotatable bonds is 4. The number of piperazine rings is 1. The fourth-order valence-corrected chi connectivity index (χ4v) is 3.45. The predicted molar refractivity (Wildman–Crippen MR) is 134 cm³/mol. The molecule has 4 rings (SSSR count). The molecule has 2 N–H and O–H groups in total. The van der Waals surface area contributed by atoms with Crippen LogP contribution in [0.5, 0.6) is 5.75 Å². The van der Waals surface area contributed by atoms with Gasteiger partial charge < -0.3 is 20.2 Å². The van der Waals surface area contributed by atoms with Crippen molar-refractivity contribution in [2.45, 2.75) is 20.0 Å². The largest absolute Gasteiger partial charge is 0.508 e. The molecule has 0 saturated carbocycles. The molecule has 0 bridgehead atoms. The van der Waals surface area contributed by atoms with Crippen molar-refractivity contribution in [2.75, 3.05) is 38.5 Å². The van der Waals surface area contributed by atoms with Crippen LogP contribution in [0, 0.1) is 0 Å². The average Bonchev–Trinajstić information content (AvgIpc) is 2.81. The van der Waals surface area contributed by atoms with Gasteiger partial charge in [-0.05, 0) is 63.4 Å².